The number of aryl methyl sites for hydroxylation is 2. The molecular weight excluding hydrogens is 248 g/mol. The molecule has 2 heterocycles. The number of ether oxygens (including phenoxy) is 1. The van der Waals surface area contributed by atoms with E-state index in [4.69, 9.17) is 4.74 Å². The summed E-state index contributed by atoms with van der Waals surface area (Å²) in [4.78, 5) is 10.6. The average molecular weight is 268 g/mol. The van der Waals surface area contributed by atoms with E-state index in [2.05, 4.69) is 10.4 Å². The summed E-state index contributed by atoms with van der Waals surface area (Å²) in [5.74, 6) is 0.897. The monoisotopic (exact) mass is 268 g/mol. The zero-order valence-electron chi connectivity index (χ0n) is 11.4. The summed E-state index contributed by atoms with van der Waals surface area (Å²) in [6.07, 6.45) is 2.07. The minimum Gasteiger partial charge on any atom is -0.473 e. The Hall–Kier alpha value is -1.63. The molecule has 1 atom stereocenters. The normalized spacial score (nSPS) is 18.7. The molecule has 0 saturated carbocycles. The van der Waals surface area contributed by atoms with E-state index in [-0.39, 0.29) is 11.6 Å². The van der Waals surface area contributed by atoms with Gasteiger partial charge in [0.15, 0.2) is 0 Å². The van der Waals surface area contributed by atoms with E-state index in [0.717, 1.165) is 25.9 Å². The van der Waals surface area contributed by atoms with Crippen molar-refractivity contribution in [3.05, 3.63) is 15.8 Å². The Labute approximate surface area is 112 Å². The first-order chi connectivity index (χ1) is 9.13. The van der Waals surface area contributed by atoms with Crippen molar-refractivity contribution < 1.29 is 9.66 Å². The first kappa shape index (κ1) is 13.8. The van der Waals surface area contributed by atoms with Crippen molar-refractivity contribution in [1.29, 1.82) is 0 Å². The van der Waals surface area contributed by atoms with Gasteiger partial charge < -0.3 is 10.1 Å². The highest BCUT2D eigenvalue weighted by molar-refractivity contribution is 5.45. The second-order valence-corrected chi connectivity index (χ2v) is 4.81. The molecule has 0 bridgehead atoms. The second-order valence-electron chi connectivity index (χ2n) is 4.81. The number of rotatable bonds is 6. The number of hydrogen-bond donors (Lipinski definition) is 1. The molecule has 1 aliphatic heterocycles. The van der Waals surface area contributed by atoms with Gasteiger partial charge in [0.05, 0.1) is 11.5 Å². The van der Waals surface area contributed by atoms with Crippen LogP contribution in [0.4, 0.5) is 5.69 Å². The molecule has 0 aromatic carbocycles. The average Bonchev–Trinajstić information content (AvgIpc) is 2.97. The number of aromatic nitrogens is 2. The maximum Gasteiger partial charge on any atom is 0.353 e. The van der Waals surface area contributed by atoms with Crippen molar-refractivity contribution in [1.82, 2.24) is 15.1 Å². The first-order valence-electron chi connectivity index (χ1n) is 6.68. The Morgan fingerprint density at radius 2 is 2.42 bits per heavy atom. The van der Waals surface area contributed by atoms with Gasteiger partial charge in [0.2, 0.25) is 0 Å². The lowest BCUT2D eigenvalue weighted by molar-refractivity contribution is -0.386. The number of nitrogens with one attached hydrogen (secondary N) is 1. The molecule has 106 valence electrons. The smallest absolute Gasteiger partial charge is 0.353 e. The van der Waals surface area contributed by atoms with Crippen LogP contribution in [-0.4, -0.2) is 34.4 Å². The van der Waals surface area contributed by atoms with Crippen LogP contribution >= 0.6 is 0 Å². The Bertz CT molecular complexity index is 452. The van der Waals surface area contributed by atoms with Crippen molar-refractivity contribution in [2.24, 2.45) is 5.92 Å². The highest BCUT2D eigenvalue weighted by atomic mass is 16.6. The lowest BCUT2D eigenvalue weighted by Gasteiger charge is -2.10. The minimum absolute atomic E-state index is 0.00797. The van der Waals surface area contributed by atoms with Crippen LogP contribution in [0.1, 0.15) is 25.5 Å². The Morgan fingerprint density at radius 1 is 1.63 bits per heavy atom. The van der Waals surface area contributed by atoms with Gasteiger partial charge in [0, 0.05) is 6.54 Å². The molecule has 7 nitrogen and oxygen atoms in total. The summed E-state index contributed by atoms with van der Waals surface area (Å²) in [5, 5.41) is 18.5. The molecule has 0 amide bonds. The lowest BCUT2D eigenvalue weighted by atomic mass is 10.1. The SMILES string of the molecule is CCn1nc(C)c([N+](=O)[O-])c1OCCC1CCNC1. The molecule has 1 aliphatic rings. The Balaban J connectivity index is 2.03. The van der Waals surface area contributed by atoms with Crippen LogP contribution in [0.25, 0.3) is 0 Å². The lowest BCUT2D eigenvalue weighted by Crippen LogP contribution is -2.13. The molecule has 1 N–H and O–H groups in total. The predicted octanol–water partition coefficient (Wildman–Crippen LogP) is 1.50. The minimum atomic E-state index is -0.416. The molecule has 1 aromatic heterocycles. The molecule has 1 unspecified atom stereocenters. The Morgan fingerprint density at radius 3 is 3.00 bits per heavy atom. The van der Waals surface area contributed by atoms with Crippen molar-refractivity contribution >= 4 is 5.69 Å². The van der Waals surface area contributed by atoms with Crippen LogP contribution in [0, 0.1) is 23.0 Å². The summed E-state index contributed by atoms with van der Waals surface area (Å²) in [5.41, 5.74) is 0.399. The first-order valence-corrected chi connectivity index (χ1v) is 6.68. The molecule has 1 aromatic rings. The van der Waals surface area contributed by atoms with Crippen molar-refractivity contribution in [2.45, 2.75) is 33.2 Å². The van der Waals surface area contributed by atoms with E-state index >= 15 is 0 Å². The largest absolute Gasteiger partial charge is 0.473 e. The van der Waals surface area contributed by atoms with Gasteiger partial charge in [-0.1, -0.05) is 0 Å². The van der Waals surface area contributed by atoms with E-state index in [9.17, 15) is 10.1 Å². The summed E-state index contributed by atoms with van der Waals surface area (Å²) in [6, 6.07) is 0. The fourth-order valence-electron chi connectivity index (χ4n) is 2.40. The van der Waals surface area contributed by atoms with Gasteiger partial charge in [-0.05, 0) is 45.7 Å². The van der Waals surface area contributed by atoms with Gasteiger partial charge in [-0.3, -0.25) is 10.1 Å². The Kier molecular flexibility index (Phi) is 4.36. The molecule has 1 fully saturated rings. The predicted molar refractivity (Wildman–Crippen MR) is 70.4 cm³/mol. The fraction of sp³-hybridized carbons (Fsp3) is 0.750. The maximum atomic E-state index is 11.1. The van der Waals surface area contributed by atoms with Crippen LogP contribution in [0.3, 0.4) is 0 Å². The summed E-state index contributed by atoms with van der Waals surface area (Å²) < 4.78 is 7.19. The van der Waals surface area contributed by atoms with Crippen LogP contribution in [-0.2, 0) is 6.54 Å². The van der Waals surface area contributed by atoms with Crippen molar-refractivity contribution in [2.75, 3.05) is 19.7 Å². The van der Waals surface area contributed by atoms with Gasteiger partial charge in [-0.15, -0.1) is 0 Å². The summed E-state index contributed by atoms with van der Waals surface area (Å²) >= 11 is 0. The maximum absolute atomic E-state index is 11.1. The van der Waals surface area contributed by atoms with Gasteiger partial charge in [0.25, 0.3) is 5.88 Å². The third kappa shape index (κ3) is 3.04. The quantitative estimate of drug-likeness (QED) is 0.624. The molecular formula is C12H20N4O3. The summed E-state index contributed by atoms with van der Waals surface area (Å²) in [6.45, 7) is 6.66. The van der Waals surface area contributed by atoms with Crippen LogP contribution in [0.2, 0.25) is 0 Å². The highest BCUT2D eigenvalue weighted by Gasteiger charge is 2.26. The van der Waals surface area contributed by atoms with E-state index in [0.29, 0.717) is 24.8 Å². The van der Waals surface area contributed by atoms with E-state index < -0.39 is 4.92 Å². The second kappa shape index (κ2) is 6.01. The fourth-order valence-corrected chi connectivity index (χ4v) is 2.40. The zero-order valence-corrected chi connectivity index (χ0v) is 11.4. The van der Waals surface area contributed by atoms with Crippen LogP contribution in [0.15, 0.2) is 0 Å². The number of nitro groups is 1. The van der Waals surface area contributed by atoms with Crippen molar-refractivity contribution in [3.8, 4) is 5.88 Å². The third-order valence-corrected chi connectivity index (χ3v) is 3.46. The standard InChI is InChI=1S/C12H20N4O3/c1-3-15-12(11(16(17)18)9(2)14-15)19-7-5-10-4-6-13-8-10/h10,13H,3-8H2,1-2H3. The molecule has 19 heavy (non-hydrogen) atoms. The van der Waals surface area contributed by atoms with Gasteiger partial charge in [-0.25, -0.2) is 4.68 Å². The van der Waals surface area contributed by atoms with Crippen LogP contribution < -0.4 is 10.1 Å². The molecule has 0 spiro atoms. The van der Waals surface area contributed by atoms with E-state index in [1.165, 1.54) is 0 Å². The van der Waals surface area contributed by atoms with Crippen LogP contribution in [0.5, 0.6) is 5.88 Å². The molecule has 1 saturated heterocycles. The zero-order chi connectivity index (χ0) is 13.8. The number of nitrogens with zero attached hydrogens (tertiary/aromatic N) is 3. The van der Waals surface area contributed by atoms with Gasteiger partial charge in [-0.2, -0.15) is 5.10 Å². The molecule has 7 heteroatoms. The number of hydrogen-bond acceptors (Lipinski definition) is 5. The third-order valence-electron chi connectivity index (χ3n) is 3.46. The van der Waals surface area contributed by atoms with Gasteiger partial charge >= 0.3 is 5.69 Å². The van der Waals surface area contributed by atoms with E-state index in [1.807, 2.05) is 6.92 Å². The topological polar surface area (TPSA) is 82.2 Å². The molecule has 2 rings (SSSR count). The summed E-state index contributed by atoms with van der Waals surface area (Å²) in [7, 11) is 0. The molecule has 0 radical (unpaired) electrons. The van der Waals surface area contributed by atoms with Crippen molar-refractivity contribution in [3.63, 3.8) is 0 Å². The highest BCUT2D eigenvalue weighted by Crippen LogP contribution is 2.30. The van der Waals surface area contributed by atoms with E-state index in [1.54, 1.807) is 11.6 Å². The van der Waals surface area contributed by atoms with Gasteiger partial charge in [0.1, 0.15) is 5.69 Å². The molecule has 0 aliphatic carbocycles.